The minimum absolute atomic E-state index is 0.0652. The maximum atomic E-state index is 15.3. The summed E-state index contributed by atoms with van der Waals surface area (Å²) < 4.78 is 35.7. The maximum absolute atomic E-state index is 15.3. The summed E-state index contributed by atoms with van der Waals surface area (Å²) in [5.74, 6) is 0.189. The first kappa shape index (κ1) is 22.0. The van der Waals surface area contributed by atoms with Crippen LogP contribution in [-0.4, -0.2) is 0 Å². The molecule has 0 atom stereocenters. The molecule has 3 rings (SSSR count). The number of ether oxygens (including phenoxy) is 1. The summed E-state index contributed by atoms with van der Waals surface area (Å²) in [5, 5.41) is 0. The summed E-state index contributed by atoms with van der Waals surface area (Å²) in [6, 6.07) is 11.3. The van der Waals surface area contributed by atoms with Gasteiger partial charge in [0.2, 0.25) is 0 Å². The third kappa shape index (κ3) is 4.12. The van der Waals surface area contributed by atoms with Gasteiger partial charge in [-0.05, 0) is 118 Å². The van der Waals surface area contributed by atoms with Crippen LogP contribution in [0.4, 0.5) is 8.78 Å². The van der Waals surface area contributed by atoms with E-state index >= 15 is 8.78 Å². The predicted molar refractivity (Wildman–Crippen MR) is 121 cm³/mol. The Morgan fingerprint density at radius 2 is 1.07 bits per heavy atom. The number of halogens is 2. The van der Waals surface area contributed by atoms with E-state index < -0.39 is 6.11 Å². The van der Waals surface area contributed by atoms with Crippen molar-refractivity contribution in [2.45, 2.75) is 61.5 Å². The predicted octanol–water partition coefficient (Wildman–Crippen LogP) is 7.95. The minimum atomic E-state index is -3.42. The lowest BCUT2D eigenvalue weighted by Crippen LogP contribution is -2.24. The van der Waals surface area contributed by atoms with Crippen LogP contribution in [0.15, 0.2) is 36.4 Å². The number of benzene rings is 3. The van der Waals surface area contributed by atoms with Crippen LogP contribution in [0.1, 0.15) is 50.1 Å². The monoisotopic (exact) mass is 408 g/mol. The topological polar surface area (TPSA) is 9.23 Å². The van der Waals surface area contributed by atoms with Gasteiger partial charge in [0, 0.05) is 0 Å². The third-order valence-electron chi connectivity index (χ3n) is 5.94. The smallest absolute Gasteiger partial charge is 0.427 e. The van der Waals surface area contributed by atoms with Crippen molar-refractivity contribution in [3.8, 4) is 16.9 Å². The van der Waals surface area contributed by atoms with Gasteiger partial charge in [-0.2, -0.15) is 8.78 Å². The van der Waals surface area contributed by atoms with Gasteiger partial charge in [-0.1, -0.05) is 29.8 Å². The fourth-order valence-corrected chi connectivity index (χ4v) is 4.46. The molecular weight excluding hydrogens is 378 g/mol. The number of rotatable bonds is 4. The van der Waals surface area contributed by atoms with Crippen molar-refractivity contribution >= 4 is 0 Å². The van der Waals surface area contributed by atoms with E-state index in [0.717, 1.165) is 38.9 Å². The van der Waals surface area contributed by atoms with Gasteiger partial charge in [0.1, 0.15) is 5.75 Å². The van der Waals surface area contributed by atoms with Crippen LogP contribution >= 0.6 is 0 Å². The van der Waals surface area contributed by atoms with Gasteiger partial charge in [0.05, 0.1) is 5.56 Å². The van der Waals surface area contributed by atoms with E-state index in [1.54, 1.807) is 26.0 Å². The molecule has 3 aromatic carbocycles. The van der Waals surface area contributed by atoms with Gasteiger partial charge in [0.15, 0.2) is 0 Å². The lowest BCUT2D eigenvalue weighted by Gasteiger charge is -2.24. The molecule has 0 heterocycles. The lowest BCUT2D eigenvalue weighted by molar-refractivity contribution is -0.186. The van der Waals surface area contributed by atoms with Crippen LogP contribution < -0.4 is 4.74 Å². The zero-order valence-corrected chi connectivity index (χ0v) is 19.1. The molecule has 30 heavy (non-hydrogen) atoms. The van der Waals surface area contributed by atoms with E-state index in [1.165, 1.54) is 5.56 Å². The molecule has 1 nitrogen and oxygen atoms in total. The largest absolute Gasteiger partial charge is 0.429 e. The van der Waals surface area contributed by atoms with Gasteiger partial charge in [0.25, 0.3) is 0 Å². The molecular formula is C27H30F2O. The summed E-state index contributed by atoms with van der Waals surface area (Å²) in [4.78, 5) is 0. The van der Waals surface area contributed by atoms with Crippen LogP contribution in [0, 0.1) is 55.4 Å². The van der Waals surface area contributed by atoms with Crippen molar-refractivity contribution in [3.63, 3.8) is 0 Å². The van der Waals surface area contributed by atoms with E-state index in [9.17, 15) is 0 Å². The summed E-state index contributed by atoms with van der Waals surface area (Å²) >= 11 is 0. The molecule has 0 unspecified atom stereocenters. The normalized spacial score (nSPS) is 11.7. The molecule has 0 saturated heterocycles. The van der Waals surface area contributed by atoms with Gasteiger partial charge in [-0.25, -0.2) is 0 Å². The molecule has 3 heteroatoms. The number of hydrogen-bond donors (Lipinski definition) is 0. The Morgan fingerprint density at radius 3 is 1.53 bits per heavy atom. The zero-order chi connectivity index (χ0) is 22.4. The van der Waals surface area contributed by atoms with E-state index in [4.69, 9.17) is 4.74 Å². The highest BCUT2D eigenvalue weighted by atomic mass is 19.3. The molecule has 0 N–H and O–H groups in total. The molecule has 0 radical (unpaired) electrons. The van der Waals surface area contributed by atoms with Crippen molar-refractivity contribution in [3.05, 3.63) is 86.5 Å². The molecule has 0 saturated carbocycles. The van der Waals surface area contributed by atoms with Crippen molar-refractivity contribution in [2.24, 2.45) is 0 Å². The molecule has 0 amide bonds. The van der Waals surface area contributed by atoms with Crippen LogP contribution in [0.2, 0.25) is 0 Å². The molecule has 0 aliphatic carbocycles. The van der Waals surface area contributed by atoms with Crippen molar-refractivity contribution < 1.29 is 13.5 Å². The fourth-order valence-electron chi connectivity index (χ4n) is 4.46. The Hall–Kier alpha value is -2.68. The molecule has 0 fully saturated rings. The van der Waals surface area contributed by atoms with Crippen molar-refractivity contribution in [2.75, 3.05) is 0 Å². The van der Waals surface area contributed by atoms with Crippen LogP contribution in [0.3, 0.4) is 0 Å². The summed E-state index contributed by atoms with van der Waals surface area (Å²) in [6.07, 6.45) is -3.42. The van der Waals surface area contributed by atoms with Crippen LogP contribution in [-0.2, 0) is 6.11 Å². The number of alkyl halides is 2. The van der Waals surface area contributed by atoms with E-state index in [1.807, 2.05) is 32.9 Å². The minimum Gasteiger partial charge on any atom is -0.429 e. The summed E-state index contributed by atoms with van der Waals surface area (Å²) in [6.45, 7) is 15.4. The Kier molecular flexibility index (Phi) is 5.77. The van der Waals surface area contributed by atoms with Crippen molar-refractivity contribution in [1.82, 2.24) is 0 Å². The molecule has 0 aliphatic heterocycles. The highest BCUT2D eigenvalue weighted by Gasteiger charge is 2.38. The molecule has 0 aromatic heterocycles. The Bertz CT molecular complexity index is 1060. The second kappa shape index (κ2) is 7.86. The molecule has 158 valence electrons. The lowest BCUT2D eigenvalue weighted by atomic mass is 9.89. The first-order valence-corrected chi connectivity index (χ1v) is 10.3. The number of hydrogen-bond acceptors (Lipinski definition) is 1. The van der Waals surface area contributed by atoms with Crippen LogP contribution in [0.25, 0.3) is 11.1 Å². The SMILES string of the molecule is Cc1cc(C)c(-c2cc(C)c(C(F)(F)Oc3cc(C)c(C)c(C)c3)c(C)c2)c(C)c1. The molecule has 0 aliphatic rings. The molecule has 0 spiro atoms. The zero-order valence-electron chi connectivity index (χ0n) is 19.1. The van der Waals surface area contributed by atoms with Gasteiger partial charge in [-0.3, -0.25) is 0 Å². The third-order valence-corrected chi connectivity index (χ3v) is 5.94. The quantitative estimate of drug-likeness (QED) is 0.425. The second-order valence-corrected chi connectivity index (χ2v) is 8.56. The first-order valence-electron chi connectivity index (χ1n) is 10.3. The van der Waals surface area contributed by atoms with Crippen molar-refractivity contribution in [1.29, 1.82) is 0 Å². The number of aryl methyl sites for hydroxylation is 7. The van der Waals surface area contributed by atoms with Gasteiger partial charge in [-0.15, -0.1) is 0 Å². The maximum Gasteiger partial charge on any atom is 0.427 e. The van der Waals surface area contributed by atoms with Gasteiger partial charge >= 0.3 is 6.11 Å². The fraction of sp³-hybridized carbons (Fsp3) is 0.333. The Labute approximate surface area is 178 Å². The van der Waals surface area contributed by atoms with E-state index in [0.29, 0.717) is 11.1 Å². The average Bonchev–Trinajstić information content (AvgIpc) is 2.57. The van der Waals surface area contributed by atoms with E-state index in [2.05, 4.69) is 32.9 Å². The Morgan fingerprint density at radius 1 is 0.600 bits per heavy atom. The van der Waals surface area contributed by atoms with Crippen LogP contribution in [0.5, 0.6) is 5.75 Å². The highest BCUT2D eigenvalue weighted by Crippen LogP contribution is 2.39. The molecule has 0 bridgehead atoms. The summed E-state index contributed by atoms with van der Waals surface area (Å²) in [5.41, 5.74) is 9.50. The van der Waals surface area contributed by atoms with E-state index in [-0.39, 0.29) is 11.3 Å². The standard InChI is InChI=1S/C27H30F2O/c1-15-9-18(4)25(19(5)10-15)23-11-20(6)26(21(7)12-23)27(28,29)30-24-13-16(2)22(8)17(3)14-24/h9-14H,1-8H3. The van der Waals surface area contributed by atoms with Gasteiger partial charge < -0.3 is 4.74 Å². The average molecular weight is 409 g/mol. The second-order valence-electron chi connectivity index (χ2n) is 8.56. The highest BCUT2D eigenvalue weighted by molar-refractivity contribution is 5.73. The first-order chi connectivity index (χ1) is 13.9. The Balaban J connectivity index is 2.05. The molecule has 3 aromatic rings. The summed E-state index contributed by atoms with van der Waals surface area (Å²) in [7, 11) is 0.